The molecule has 0 bridgehead atoms. The van der Waals surface area contributed by atoms with Gasteiger partial charge in [-0.2, -0.15) is 0 Å². The maximum Gasteiger partial charge on any atom is 0.326 e. The molecule has 0 aromatic carbocycles. The van der Waals surface area contributed by atoms with E-state index in [4.69, 9.17) is 20.3 Å². The zero-order chi connectivity index (χ0) is 17.3. The van der Waals surface area contributed by atoms with E-state index in [-0.39, 0.29) is 12.3 Å². The first-order chi connectivity index (χ1) is 10.2. The van der Waals surface area contributed by atoms with Crippen molar-refractivity contribution in [3.05, 3.63) is 0 Å². The normalized spacial score (nSPS) is 15.0. The van der Waals surface area contributed by atoms with Gasteiger partial charge in [-0.15, -0.1) is 0 Å². The van der Waals surface area contributed by atoms with E-state index in [1.54, 1.807) is 0 Å². The number of carboxylic acid groups (broad SMARTS) is 1. The first-order valence-corrected chi connectivity index (χ1v) is 7.52. The van der Waals surface area contributed by atoms with Crippen LogP contribution in [0.2, 0.25) is 0 Å². The van der Waals surface area contributed by atoms with Crippen molar-refractivity contribution in [2.75, 3.05) is 0 Å². The Morgan fingerprint density at radius 1 is 1.18 bits per heavy atom. The number of carbonyl (C=O) groups excluding carboxylic acids is 2. The van der Waals surface area contributed by atoms with Crippen LogP contribution in [-0.4, -0.2) is 35.3 Å². The van der Waals surface area contributed by atoms with Crippen molar-refractivity contribution in [3.63, 3.8) is 0 Å². The summed E-state index contributed by atoms with van der Waals surface area (Å²) in [6.07, 6.45) is 0.330. The SMILES string of the molecule is CCCC(OC(C)=O)OC(=O)C(N)C(CC(=O)O)CC(C)C. The lowest BCUT2D eigenvalue weighted by atomic mass is 9.88. The second-order valence-electron chi connectivity index (χ2n) is 5.78. The quantitative estimate of drug-likeness (QED) is 0.465. The minimum absolute atomic E-state index is 0.197. The van der Waals surface area contributed by atoms with Crippen LogP contribution in [0.1, 0.15) is 53.4 Å². The fourth-order valence-electron chi connectivity index (χ4n) is 2.15. The third kappa shape index (κ3) is 8.61. The van der Waals surface area contributed by atoms with E-state index < -0.39 is 36.2 Å². The van der Waals surface area contributed by atoms with Gasteiger partial charge in [-0.05, 0) is 24.7 Å². The summed E-state index contributed by atoms with van der Waals surface area (Å²) in [5, 5.41) is 8.94. The summed E-state index contributed by atoms with van der Waals surface area (Å²) in [4.78, 5) is 34.0. The van der Waals surface area contributed by atoms with Crippen LogP contribution in [0.5, 0.6) is 0 Å². The summed E-state index contributed by atoms with van der Waals surface area (Å²) >= 11 is 0. The van der Waals surface area contributed by atoms with Gasteiger partial charge in [0.25, 0.3) is 0 Å². The average molecular weight is 317 g/mol. The molecule has 0 aliphatic carbocycles. The number of carbonyl (C=O) groups is 3. The Labute approximate surface area is 131 Å². The Hall–Kier alpha value is -1.63. The van der Waals surface area contributed by atoms with E-state index in [0.29, 0.717) is 19.3 Å². The molecule has 7 heteroatoms. The summed E-state index contributed by atoms with van der Waals surface area (Å²) in [5.74, 6) is -2.64. The van der Waals surface area contributed by atoms with Gasteiger partial charge in [0.15, 0.2) is 0 Å². The molecule has 0 amide bonds. The molecular formula is C15H27NO6. The van der Waals surface area contributed by atoms with Crippen molar-refractivity contribution < 1.29 is 29.0 Å². The third-order valence-electron chi connectivity index (χ3n) is 3.06. The summed E-state index contributed by atoms with van der Waals surface area (Å²) < 4.78 is 10.0. The standard InChI is InChI=1S/C15H27NO6/c1-5-6-13(21-10(4)17)22-15(20)14(16)11(7-9(2)3)8-12(18)19/h9,11,13-14H,5-8,16H2,1-4H3,(H,18,19). The largest absolute Gasteiger partial charge is 0.481 e. The van der Waals surface area contributed by atoms with Crippen LogP contribution in [0.4, 0.5) is 0 Å². The van der Waals surface area contributed by atoms with Gasteiger partial charge in [0.1, 0.15) is 6.04 Å². The lowest BCUT2D eigenvalue weighted by Gasteiger charge is -2.25. The minimum atomic E-state index is -1.06. The van der Waals surface area contributed by atoms with Crippen LogP contribution in [0, 0.1) is 11.8 Å². The van der Waals surface area contributed by atoms with Gasteiger partial charge in [-0.25, -0.2) is 0 Å². The molecule has 0 fully saturated rings. The molecule has 0 saturated heterocycles. The Kier molecular flexibility index (Phi) is 9.40. The minimum Gasteiger partial charge on any atom is -0.481 e. The summed E-state index contributed by atoms with van der Waals surface area (Å²) in [6, 6.07) is -1.06. The number of carboxylic acids is 1. The molecule has 0 radical (unpaired) electrons. The number of ether oxygens (including phenoxy) is 2. The van der Waals surface area contributed by atoms with Gasteiger partial charge in [0.05, 0.1) is 6.42 Å². The number of esters is 2. The van der Waals surface area contributed by atoms with Gasteiger partial charge in [-0.1, -0.05) is 20.8 Å². The summed E-state index contributed by atoms with van der Waals surface area (Å²) in [6.45, 7) is 6.93. The van der Waals surface area contributed by atoms with Crippen molar-refractivity contribution in [2.24, 2.45) is 17.6 Å². The molecular weight excluding hydrogens is 290 g/mol. The Morgan fingerprint density at radius 2 is 1.77 bits per heavy atom. The summed E-state index contributed by atoms with van der Waals surface area (Å²) in [5.41, 5.74) is 5.85. The highest BCUT2D eigenvalue weighted by Crippen LogP contribution is 2.20. The van der Waals surface area contributed by atoms with Gasteiger partial charge in [0, 0.05) is 13.3 Å². The van der Waals surface area contributed by atoms with Crippen molar-refractivity contribution in [3.8, 4) is 0 Å². The monoisotopic (exact) mass is 317 g/mol. The number of hydrogen-bond donors (Lipinski definition) is 2. The molecule has 3 N–H and O–H groups in total. The van der Waals surface area contributed by atoms with E-state index in [2.05, 4.69) is 0 Å². The number of hydrogen-bond acceptors (Lipinski definition) is 6. The molecule has 0 aliphatic rings. The van der Waals surface area contributed by atoms with Gasteiger partial charge < -0.3 is 20.3 Å². The van der Waals surface area contributed by atoms with Crippen LogP contribution >= 0.6 is 0 Å². The molecule has 0 saturated carbocycles. The zero-order valence-electron chi connectivity index (χ0n) is 13.7. The maximum absolute atomic E-state index is 12.1. The highest BCUT2D eigenvalue weighted by molar-refractivity contribution is 5.77. The molecule has 7 nitrogen and oxygen atoms in total. The number of rotatable bonds is 10. The number of nitrogens with two attached hydrogens (primary N) is 1. The second kappa shape index (κ2) is 10.2. The van der Waals surface area contributed by atoms with Crippen molar-refractivity contribution in [2.45, 2.75) is 65.7 Å². The van der Waals surface area contributed by atoms with E-state index in [0.717, 1.165) is 0 Å². The lowest BCUT2D eigenvalue weighted by molar-refractivity contribution is -0.189. The highest BCUT2D eigenvalue weighted by atomic mass is 16.7. The number of aliphatic carboxylic acids is 1. The predicted octanol–water partition coefficient (Wildman–Crippen LogP) is 1.68. The zero-order valence-corrected chi connectivity index (χ0v) is 13.7. The van der Waals surface area contributed by atoms with Crippen molar-refractivity contribution in [1.29, 1.82) is 0 Å². The van der Waals surface area contributed by atoms with Crippen LogP contribution in [0.15, 0.2) is 0 Å². The highest BCUT2D eigenvalue weighted by Gasteiger charge is 2.30. The fourth-order valence-corrected chi connectivity index (χ4v) is 2.15. The molecule has 22 heavy (non-hydrogen) atoms. The van der Waals surface area contributed by atoms with E-state index in [9.17, 15) is 14.4 Å². The maximum atomic E-state index is 12.1. The molecule has 0 spiro atoms. The van der Waals surface area contributed by atoms with Crippen LogP contribution in [0.3, 0.4) is 0 Å². The van der Waals surface area contributed by atoms with E-state index >= 15 is 0 Å². The third-order valence-corrected chi connectivity index (χ3v) is 3.06. The van der Waals surface area contributed by atoms with Gasteiger partial charge in [0.2, 0.25) is 6.29 Å². The first-order valence-electron chi connectivity index (χ1n) is 7.52. The average Bonchev–Trinajstić information content (AvgIpc) is 2.35. The first kappa shape index (κ1) is 20.4. The molecule has 0 aromatic rings. The molecule has 0 heterocycles. The van der Waals surface area contributed by atoms with Crippen molar-refractivity contribution >= 4 is 17.9 Å². The smallest absolute Gasteiger partial charge is 0.326 e. The lowest BCUT2D eigenvalue weighted by Crippen LogP contribution is -2.43. The Morgan fingerprint density at radius 3 is 2.18 bits per heavy atom. The van der Waals surface area contributed by atoms with E-state index in [1.165, 1.54) is 6.92 Å². The molecule has 0 aromatic heterocycles. The Bertz CT molecular complexity index is 382. The molecule has 0 aliphatic heterocycles. The predicted molar refractivity (Wildman–Crippen MR) is 79.7 cm³/mol. The molecule has 128 valence electrons. The van der Waals surface area contributed by atoms with Gasteiger partial charge >= 0.3 is 17.9 Å². The van der Waals surface area contributed by atoms with Gasteiger partial charge in [-0.3, -0.25) is 14.4 Å². The molecule has 0 rings (SSSR count). The topological polar surface area (TPSA) is 116 Å². The summed E-state index contributed by atoms with van der Waals surface area (Å²) in [7, 11) is 0. The Balaban J connectivity index is 4.80. The van der Waals surface area contributed by atoms with Crippen LogP contribution in [-0.2, 0) is 23.9 Å². The van der Waals surface area contributed by atoms with Crippen LogP contribution < -0.4 is 5.73 Å². The molecule has 3 atom stereocenters. The van der Waals surface area contributed by atoms with Crippen LogP contribution in [0.25, 0.3) is 0 Å². The fraction of sp³-hybridized carbons (Fsp3) is 0.800. The molecule has 3 unspecified atom stereocenters. The second-order valence-corrected chi connectivity index (χ2v) is 5.78. The van der Waals surface area contributed by atoms with E-state index in [1.807, 2.05) is 20.8 Å². The van der Waals surface area contributed by atoms with Crippen molar-refractivity contribution in [1.82, 2.24) is 0 Å².